The molecule has 0 fully saturated rings. The smallest absolute Gasteiger partial charge is 0.0295 e. The first kappa shape index (κ1) is 9.22. The molecule has 13 heavy (non-hydrogen) atoms. The number of aryl methyl sites for hydroxylation is 1. The van der Waals surface area contributed by atoms with Crippen molar-refractivity contribution in [3.8, 4) is 0 Å². The molecule has 0 spiro atoms. The molecule has 1 aliphatic heterocycles. The second kappa shape index (κ2) is 3.43. The van der Waals surface area contributed by atoms with Crippen molar-refractivity contribution in [1.29, 1.82) is 0 Å². The van der Waals surface area contributed by atoms with Gasteiger partial charge in [-0.2, -0.15) is 0 Å². The maximum atomic E-state index is 3.54. The second-order valence-corrected chi connectivity index (χ2v) is 4.63. The zero-order valence-electron chi connectivity index (χ0n) is 8.02. The molecule has 2 rings (SSSR count). The van der Waals surface area contributed by atoms with Crippen LogP contribution in [0.1, 0.15) is 29.7 Å². The minimum atomic E-state index is 0.500. The highest BCUT2D eigenvalue weighted by Crippen LogP contribution is 2.28. The molecular weight excluding hydrogens is 226 g/mol. The summed E-state index contributed by atoms with van der Waals surface area (Å²) in [7, 11) is 0. The Kier molecular flexibility index (Phi) is 2.43. The lowest BCUT2D eigenvalue weighted by Gasteiger charge is -2.25. The van der Waals surface area contributed by atoms with E-state index in [4.69, 9.17) is 0 Å². The van der Waals surface area contributed by atoms with Crippen LogP contribution in [0.25, 0.3) is 0 Å². The van der Waals surface area contributed by atoms with Gasteiger partial charge < -0.3 is 5.32 Å². The average molecular weight is 240 g/mol. The van der Waals surface area contributed by atoms with Crippen LogP contribution in [0.5, 0.6) is 0 Å². The Hall–Kier alpha value is -0.340. The summed E-state index contributed by atoms with van der Waals surface area (Å²) in [5.74, 6) is 0. The molecule has 70 valence electrons. The number of hydrogen-bond donors (Lipinski definition) is 1. The quantitative estimate of drug-likeness (QED) is 0.735. The Balaban J connectivity index is 2.56. The Bertz CT molecular complexity index is 333. The lowest BCUT2D eigenvalue weighted by atomic mass is 9.92. The zero-order chi connectivity index (χ0) is 9.42. The Morgan fingerprint density at radius 2 is 2.23 bits per heavy atom. The van der Waals surface area contributed by atoms with Crippen LogP contribution >= 0.6 is 15.9 Å². The SMILES string of the molecule is Cc1cc(Br)cc2c1CCNC2C. The van der Waals surface area contributed by atoms with Crippen LogP contribution < -0.4 is 5.32 Å². The third kappa shape index (κ3) is 1.65. The fourth-order valence-corrected chi connectivity index (χ4v) is 2.64. The minimum absolute atomic E-state index is 0.500. The van der Waals surface area contributed by atoms with Crippen molar-refractivity contribution in [1.82, 2.24) is 5.32 Å². The van der Waals surface area contributed by atoms with Crippen molar-refractivity contribution in [3.63, 3.8) is 0 Å². The van der Waals surface area contributed by atoms with E-state index in [1.165, 1.54) is 27.6 Å². The minimum Gasteiger partial charge on any atom is -0.310 e. The molecule has 1 unspecified atom stereocenters. The molecular formula is C11H14BrN. The van der Waals surface area contributed by atoms with Gasteiger partial charge in [0.2, 0.25) is 0 Å². The maximum absolute atomic E-state index is 3.54. The number of hydrogen-bond acceptors (Lipinski definition) is 1. The summed E-state index contributed by atoms with van der Waals surface area (Å²) in [5.41, 5.74) is 4.41. The first-order chi connectivity index (χ1) is 6.18. The first-order valence-electron chi connectivity index (χ1n) is 4.71. The van der Waals surface area contributed by atoms with Crippen molar-refractivity contribution in [3.05, 3.63) is 33.3 Å². The molecule has 0 radical (unpaired) electrons. The van der Waals surface area contributed by atoms with Gasteiger partial charge in [0.05, 0.1) is 0 Å². The molecule has 1 atom stereocenters. The van der Waals surface area contributed by atoms with Crippen LogP contribution in [0.15, 0.2) is 16.6 Å². The second-order valence-electron chi connectivity index (χ2n) is 3.72. The highest BCUT2D eigenvalue weighted by atomic mass is 79.9. The molecule has 0 saturated carbocycles. The van der Waals surface area contributed by atoms with E-state index in [0.717, 1.165) is 6.54 Å². The standard InChI is InChI=1S/C11H14BrN/c1-7-5-9(12)6-11-8(2)13-4-3-10(7)11/h5-6,8,13H,3-4H2,1-2H3. The van der Waals surface area contributed by atoms with Gasteiger partial charge in [0, 0.05) is 10.5 Å². The number of benzene rings is 1. The van der Waals surface area contributed by atoms with Crippen molar-refractivity contribution in [2.45, 2.75) is 26.3 Å². The van der Waals surface area contributed by atoms with E-state index < -0.39 is 0 Å². The van der Waals surface area contributed by atoms with Crippen molar-refractivity contribution in [2.24, 2.45) is 0 Å². The van der Waals surface area contributed by atoms with E-state index in [1.54, 1.807) is 0 Å². The van der Waals surface area contributed by atoms with Gasteiger partial charge in [-0.3, -0.25) is 0 Å². The molecule has 1 heterocycles. The summed E-state index contributed by atoms with van der Waals surface area (Å²) in [6.07, 6.45) is 1.17. The summed E-state index contributed by atoms with van der Waals surface area (Å²) in [5, 5.41) is 3.47. The van der Waals surface area contributed by atoms with E-state index in [2.05, 4.69) is 47.2 Å². The highest BCUT2D eigenvalue weighted by molar-refractivity contribution is 9.10. The molecule has 1 aromatic rings. The number of nitrogens with one attached hydrogen (secondary N) is 1. The van der Waals surface area contributed by atoms with Gasteiger partial charge in [0.1, 0.15) is 0 Å². The lowest BCUT2D eigenvalue weighted by Crippen LogP contribution is -2.28. The van der Waals surface area contributed by atoms with Crippen LogP contribution in [-0.2, 0) is 6.42 Å². The van der Waals surface area contributed by atoms with Crippen LogP contribution in [0.3, 0.4) is 0 Å². The molecule has 0 amide bonds. The molecule has 0 saturated heterocycles. The van der Waals surface area contributed by atoms with E-state index in [9.17, 15) is 0 Å². The Morgan fingerprint density at radius 3 is 3.00 bits per heavy atom. The fourth-order valence-electron chi connectivity index (χ4n) is 2.05. The highest BCUT2D eigenvalue weighted by Gasteiger charge is 2.17. The van der Waals surface area contributed by atoms with E-state index in [0.29, 0.717) is 6.04 Å². The van der Waals surface area contributed by atoms with E-state index >= 15 is 0 Å². The number of fused-ring (bicyclic) bond motifs is 1. The third-order valence-electron chi connectivity index (χ3n) is 2.76. The maximum Gasteiger partial charge on any atom is 0.0295 e. The predicted octanol–water partition coefficient (Wildman–Crippen LogP) is 2.96. The normalized spacial score (nSPS) is 21.3. The molecule has 0 bridgehead atoms. The van der Waals surface area contributed by atoms with Crippen molar-refractivity contribution < 1.29 is 0 Å². The van der Waals surface area contributed by atoms with Gasteiger partial charge in [-0.15, -0.1) is 0 Å². The van der Waals surface area contributed by atoms with Gasteiger partial charge in [-0.1, -0.05) is 15.9 Å². The van der Waals surface area contributed by atoms with Gasteiger partial charge in [0.15, 0.2) is 0 Å². The monoisotopic (exact) mass is 239 g/mol. The Morgan fingerprint density at radius 1 is 1.46 bits per heavy atom. The largest absolute Gasteiger partial charge is 0.310 e. The van der Waals surface area contributed by atoms with Crippen molar-refractivity contribution in [2.75, 3.05) is 6.54 Å². The molecule has 1 aliphatic rings. The predicted molar refractivity (Wildman–Crippen MR) is 59.0 cm³/mol. The van der Waals surface area contributed by atoms with Crippen LogP contribution in [-0.4, -0.2) is 6.54 Å². The van der Waals surface area contributed by atoms with Crippen LogP contribution in [0.4, 0.5) is 0 Å². The number of halogens is 1. The Labute approximate surface area is 87.7 Å². The zero-order valence-corrected chi connectivity index (χ0v) is 9.61. The molecule has 1 aromatic carbocycles. The van der Waals surface area contributed by atoms with Crippen LogP contribution in [0, 0.1) is 6.92 Å². The molecule has 0 aromatic heterocycles. The summed E-state index contributed by atoms with van der Waals surface area (Å²) in [6.45, 7) is 5.53. The summed E-state index contributed by atoms with van der Waals surface area (Å²) < 4.78 is 1.19. The fraction of sp³-hybridized carbons (Fsp3) is 0.455. The average Bonchev–Trinajstić information content (AvgIpc) is 2.07. The summed E-state index contributed by atoms with van der Waals surface area (Å²) in [4.78, 5) is 0. The summed E-state index contributed by atoms with van der Waals surface area (Å²) in [6, 6.07) is 4.94. The van der Waals surface area contributed by atoms with E-state index in [-0.39, 0.29) is 0 Å². The van der Waals surface area contributed by atoms with Gasteiger partial charge in [-0.25, -0.2) is 0 Å². The first-order valence-corrected chi connectivity index (χ1v) is 5.50. The van der Waals surface area contributed by atoms with E-state index in [1.807, 2.05) is 0 Å². The van der Waals surface area contributed by atoms with Gasteiger partial charge >= 0.3 is 0 Å². The van der Waals surface area contributed by atoms with Crippen molar-refractivity contribution >= 4 is 15.9 Å². The molecule has 1 nitrogen and oxygen atoms in total. The third-order valence-corrected chi connectivity index (χ3v) is 3.22. The topological polar surface area (TPSA) is 12.0 Å². The molecule has 2 heteroatoms. The molecule has 0 aliphatic carbocycles. The molecule has 1 N–H and O–H groups in total. The lowest BCUT2D eigenvalue weighted by molar-refractivity contribution is 0.539. The van der Waals surface area contributed by atoms with Gasteiger partial charge in [-0.05, 0) is 55.6 Å². The van der Waals surface area contributed by atoms with Gasteiger partial charge in [0.25, 0.3) is 0 Å². The summed E-state index contributed by atoms with van der Waals surface area (Å²) >= 11 is 3.54. The van der Waals surface area contributed by atoms with Crippen LogP contribution in [0.2, 0.25) is 0 Å². The number of rotatable bonds is 0.